The van der Waals surface area contributed by atoms with Crippen LogP contribution in [0, 0.1) is 10.1 Å². The predicted molar refractivity (Wildman–Crippen MR) is 81.9 cm³/mol. The number of urea groups is 1. The SMILES string of the molecule is CC(C)c1cnc(NC(=O)Nc2cccc([N+](=O)[O-])c2)s1. The van der Waals surface area contributed by atoms with Gasteiger partial charge in [-0.2, -0.15) is 0 Å². The number of carbonyl (C=O) groups is 1. The van der Waals surface area contributed by atoms with E-state index >= 15 is 0 Å². The van der Waals surface area contributed by atoms with Crippen molar-refractivity contribution >= 4 is 33.9 Å². The van der Waals surface area contributed by atoms with Gasteiger partial charge >= 0.3 is 6.03 Å². The molecule has 0 radical (unpaired) electrons. The summed E-state index contributed by atoms with van der Waals surface area (Å²) in [5.74, 6) is 0.345. The molecule has 0 bridgehead atoms. The van der Waals surface area contributed by atoms with Gasteiger partial charge in [-0.25, -0.2) is 9.78 Å². The van der Waals surface area contributed by atoms with Crippen LogP contribution in [0.25, 0.3) is 0 Å². The highest BCUT2D eigenvalue weighted by molar-refractivity contribution is 7.15. The van der Waals surface area contributed by atoms with Crippen molar-refractivity contribution < 1.29 is 9.72 Å². The Kier molecular flexibility index (Phi) is 4.49. The number of nitro groups is 1. The van der Waals surface area contributed by atoms with Crippen molar-refractivity contribution in [1.29, 1.82) is 0 Å². The van der Waals surface area contributed by atoms with Crippen LogP contribution >= 0.6 is 11.3 Å². The Labute approximate surface area is 125 Å². The van der Waals surface area contributed by atoms with Crippen molar-refractivity contribution in [3.63, 3.8) is 0 Å². The van der Waals surface area contributed by atoms with Crippen LogP contribution in [0.5, 0.6) is 0 Å². The molecule has 2 rings (SSSR count). The maximum atomic E-state index is 11.8. The molecule has 0 unspecified atom stereocenters. The molecule has 110 valence electrons. The van der Waals surface area contributed by atoms with Gasteiger partial charge < -0.3 is 5.32 Å². The summed E-state index contributed by atoms with van der Waals surface area (Å²) in [7, 11) is 0. The van der Waals surface area contributed by atoms with E-state index in [4.69, 9.17) is 0 Å². The van der Waals surface area contributed by atoms with Crippen molar-refractivity contribution in [3.8, 4) is 0 Å². The smallest absolute Gasteiger partial charge is 0.307 e. The summed E-state index contributed by atoms with van der Waals surface area (Å²) in [4.78, 5) is 27.1. The number of nitrogens with one attached hydrogen (secondary N) is 2. The molecule has 0 aliphatic heterocycles. The average Bonchev–Trinajstić information content (AvgIpc) is 2.87. The number of nitro benzene ring substituents is 1. The number of non-ortho nitro benzene ring substituents is 1. The molecule has 21 heavy (non-hydrogen) atoms. The highest BCUT2D eigenvalue weighted by Gasteiger charge is 2.10. The van der Waals surface area contributed by atoms with Gasteiger partial charge in [0.1, 0.15) is 0 Å². The van der Waals surface area contributed by atoms with Gasteiger partial charge in [0.15, 0.2) is 5.13 Å². The molecule has 0 saturated carbocycles. The van der Waals surface area contributed by atoms with E-state index in [1.165, 1.54) is 29.5 Å². The summed E-state index contributed by atoms with van der Waals surface area (Å²) in [5.41, 5.74) is 0.270. The molecule has 2 amide bonds. The van der Waals surface area contributed by atoms with Crippen LogP contribution in [0.1, 0.15) is 24.6 Å². The molecule has 0 spiro atoms. The van der Waals surface area contributed by atoms with Crippen molar-refractivity contribution in [2.45, 2.75) is 19.8 Å². The molecule has 1 aromatic heterocycles. The Morgan fingerprint density at radius 1 is 1.38 bits per heavy atom. The Morgan fingerprint density at radius 2 is 2.14 bits per heavy atom. The first-order valence-electron chi connectivity index (χ1n) is 6.24. The molecule has 0 atom stereocenters. The molecule has 2 N–H and O–H groups in total. The van der Waals surface area contributed by atoms with Crippen LogP contribution < -0.4 is 10.6 Å². The van der Waals surface area contributed by atoms with Crippen molar-refractivity contribution in [2.75, 3.05) is 10.6 Å². The number of hydrogen-bond acceptors (Lipinski definition) is 5. The Hall–Kier alpha value is -2.48. The number of rotatable bonds is 4. The minimum absolute atomic E-state index is 0.0795. The fourth-order valence-corrected chi connectivity index (χ4v) is 2.38. The second-order valence-corrected chi connectivity index (χ2v) is 5.67. The van der Waals surface area contributed by atoms with Crippen molar-refractivity contribution in [2.24, 2.45) is 0 Å². The van der Waals surface area contributed by atoms with Crippen molar-refractivity contribution in [3.05, 3.63) is 45.5 Å². The number of amides is 2. The molecule has 1 heterocycles. The molecular weight excluding hydrogens is 292 g/mol. The van der Waals surface area contributed by atoms with Gasteiger partial charge in [-0.05, 0) is 12.0 Å². The average molecular weight is 306 g/mol. The lowest BCUT2D eigenvalue weighted by Crippen LogP contribution is -2.19. The van der Waals surface area contributed by atoms with Crippen LogP contribution in [0.15, 0.2) is 30.5 Å². The first kappa shape index (κ1) is 14.9. The van der Waals surface area contributed by atoms with E-state index in [9.17, 15) is 14.9 Å². The molecule has 2 aromatic rings. The zero-order chi connectivity index (χ0) is 15.4. The monoisotopic (exact) mass is 306 g/mol. The number of carbonyl (C=O) groups excluding carboxylic acids is 1. The first-order valence-corrected chi connectivity index (χ1v) is 7.05. The normalized spacial score (nSPS) is 10.4. The predicted octanol–water partition coefficient (Wildman–Crippen LogP) is 3.82. The van der Waals surface area contributed by atoms with E-state index in [2.05, 4.69) is 15.6 Å². The van der Waals surface area contributed by atoms with Crippen LogP contribution in [0.3, 0.4) is 0 Å². The summed E-state index contributed by atoms with van der Waals surface area (Å²) >= 11 is 1.40. The van der Waals surface area contributed by atoms with E-state index in [1.807, 2.05) is 13.8 Å². The number of aromatic nitrogens is 1. The number of anilines is 2. The molecule has 7 nitrogen and oxygen atoms in total. The second-order valence-electron chi connectivity index (χ2n) is 4.61. The molecule has 1 aromatic carbocycles. The summed E-state index contributed by atoms with van der Waals surface area (Å²) in [5, 5.41) is 16.3. The molecule has 0 fully saturated rings. The lowest BCUT2D eigenvalue weighted by atomic mass is 10.2. The molecule has 0 aliphatic carbocycles. The number of hydrogen-bond donors (Lipinski definition) is 2. The van der Waals surface area contributed by atoms with E-state index in [0.717, 1.165) is 4.88 Å². The zero-order valence-corrected chi connectivity index (χ0v) is 12.3. The minimum atomic E-state index is -0.515. The van der Waals surface area contributed by atoms with Crippen LogP contribution in [0.4, 0.5) is 21.3 Å². The van der Waals surface area contributed by atoms with Gasteiger partial charge in [0.25, 0.3) is 5.69 Å². The van der Waals surface area contributed by atoms with Crippen LogP contribution in [0.2, 0.25) is 0 Å². The highest BCUT2D eigenvalue weighted by Crippen LogP contribution is 2.25. The number of benzene rings is 1. The molecule has 0 aliphatic rings. The quantitative estimate of drug-likeness (QED) is 0.662. The lowest BCUT2D eigenvalue weighted by molar-refractivity contribution is -0.384. The van der Waals surface area contributed by atoms with E-state index < -0.39 is 11.0 Å². The van der Waals surface area contributed by atoms with Crippen LogP contribution in [-0.2, 0) is 0 Å². The van der Waals surface area contributed by atoms with Gasteiger partial charge in [0, 0.05) is 28.9 Å². The second kappa shape index (κ2) is 6.31. The summed E-state index contributed by atoms with van der Waals surface area (Å²) < 4.78 is 0. The van der Waals surface area contributed by atoms with Gasteiger partial charge in [-0.3, -0.25) is 15.4 Å². The van der Waals surface area contributed by atoms with Gasteiger partial charge in [-0.1, -0.05) is 19.9 Å². The fraction of sp³-hybridized carbons (Fsp3) is 0.231. The van der Waals surface area contributed by atoms with E-state index in [-0.39, 0.29) is 5.69 Å². The highest BCUT2D eigenvalue weighted by atomic mass is 32.1. The Bertz CT molecular complexity index is 669. The maximum absolute atomic E-state index is 11.8. The number of thiazole rings is 1. The summed E-state index contributed by atoms with van der Waals surface area (Å²) in [6, 6.07) is 5.25. The van der Waals surface area contributed by atoms with Gasteiger partial charge in [0.2, 0.25) is 0 Å². The van der Waals surface area contributed by atoms with Crippen LogP contribution in [-0.4, -0.2) is 15.9 Å². The topological polar surface area (TPSA) is 97.2 Å². The Balaban J connectivity index is 2.01. The summed E-state index contributed by atoms with van der Waals surface area (Å²) in [6.07, 6.45) is 1.72. The molecule has 0 saturated heterocycles. The first-order chi connectivity index (χ1) is 9.95. The third kappa shape index (κ3) is 3.99. The van der Waals surface area contributed by atoms with Gasteiger partial charge in [-0.15, -0.1) is 11.3 Å². The number of nitrogens with zero attached hydrogens (tertiary/aromatic N) is 2. The fourth-order valence-electron chi connectivity index (χ4n) is 1.57. The molecular formula is C13H14N4O3S. The van der Waals surface area contributed by atoms with E-state index in [0.29, 0.717) is 16.7 Å². The van der Waals surface area contributed by atoms with E-state index in [1.54, 1.807) is 12.3 Å². The zero-order valence-electron chi connectivity index (χ0n) is 11.5. The maximum Gasteiger partial charge on any atom is 0.325 e. The largest absolute Gasteiger partial charge is 0.325 e. The molecule has 8 heteroatoms. The Morgan fingerprint density at radius 3 is 2.76 bits per heavy atom. The minimum Gasteiger partial charge on any atom is -0.307 e. The standard InChI is InChI=1S/C13H14N4O3S/c1-8(2)11-7-14-13(21-11)16-12(18)15-9-4-3-5-10(6-9)17(19)20/h3-8H,1-2H3,(H2,14,15,16,18). The van der Waals surface area contributed by atoms with Gasteiger partial charge in [0.05, 0.1) is 4.92 Å². The summed E-state index contributed by atoms with van der Waals surface area (Å²) in [6.45, 7) is 4.08. The third-order valence-electron chi connectivity index (χ3n) is 2.63. The lowest BCUT2D eigenvalue weighted by Gasteiger charge is -2.05. The third-order valence-corrected chi connectivity index (χ3v) is 3.84. The van der Waals surface area contributed by atoms with Crippen molar-refractivity contribution in [1.82, 2.24) is 4.98 Å².